The number of aliphatic hydroxyl groups is 1. The van der Waals surface area contributed by atoms with Crippen LogP contribution in [0, 0.1) is 5.82 Å². The lowest BCUT2D eigenvalue weighted by atomic mass is 10.2. The third-order valence-electron chi connectivity index (χ3n) is 2.39. The number of nitrogens with one attached hydrogen (secondary N) is 1. The summed E-state index contributed by atoms with van der Waals surface area (Å²) in [6.07, 6.45) is 0. The normalized spacial score (nSPS) is 10.7. The van der Waals surface area contributed by atoms with E-state index < -0.39 is 0 Å². The van der Waals surface area contributed by atoms with Crippen molar-refractivity contribution in [3.8, 4) is 10.4 Å². The summed E-state index contributed by atoms with van der Waals surface area (Å²) in [5.41, 5.74) is 0.644. The van der Waals surface area contributed by atoms with Gasteiger partial charge in [-0.15, -0.1) is 11.3 Å². The number of thiophene rings is 1. The summed E-state index contributed by atoms with van der Waals surface area (Å²) in [4.78, 5) is 2.07. The first-order valence-corrected chi connectivity index (χ1v) is 6.28. The van der Waals surface area contributed by atoms with E-state index in [1.807, 2.05) is 18.2 Å². The Morgan fingerprint density at radius 2 is 2.00 bits per heavy atom. The molecule has 0 atom stereocenters. The predicted molar refractivity (Wildman–Crippen MR) is 68.5 cm³/mol. The van der Waals surface area contributed by atoms with E-state index in [-0.39, 0.29) is 12.4 Å². The van der Waals surface area contributed by atoms with Gasteiger partial charge in [0.15, 0.2) is 0 Å². The van der Waals surface area contributed by atoms with Crippen LogP contribution < -0.4 is 5.32 Å². The number of halogens is 1. The Morgan fingerprint density at radius 1 is 1.18 bits per heavy atom. The largest absolute Gasteiger partial charge is 0.395 e. The van der Waals surface area contributed by atoms with Crippen LogP contribution in [0.3, 0.4) is 0 Å². The highest BCUT2D eigenvalue weighted by Gasteiger charge is 2.06. The van der Waals surface area contributed by atoms with Crippen molar-refractivity contribution in [2.45, 2.75) is 6.54 Å². The zero-order chi connectivity index (χ0) is 12.1. The summed E-state index contributed by atoms with van der Waals surface area (Å²) in [5.74, 6) is -0.191. The molecule has 0 fully saturated rings. The molecule has 1 heterocycles. The molecule has 1 aromatic carbocycles. The van der Waals surface area contributed by atoms with E-state index >= 15 is 0 Å². The number of rotatable bonds is 5. The van der Waals surface area contributed by atoms with Gasteiger partial charge in [-0.1, -0.05) is 18.2 Å². The van der Waals surface area contributed by atoms with Crippen LogP contribution >= 0.6 is 11.3 Å². The summed E-state index contributed by atoms with van der Waals surface area (Å²) < 4.78 is 13.5. The molecule has 0 radical (unpaired) electrons. The SMILES string of the molecule is OCCNCc1ccc(-c2ccccc2F)s1. The topological polar surface area (TPSA) is 32.3 Å². The molecule has 0 amide bonds. The van der Waals surface area contributed by atoms with Crippen molar-refractivity contribution in [3.63, 3.8) is 0 Å². The molecule has 17 heavy (non-hydrogen) atoms. The van der Waals surface area contributed by atoms with Crippen LogP contribution in [0.5, 0.6) is 0 Å². The number of benzene rings is 1. The lowest BCUT2D eigenvalue weighted by Crippen LogP contribution is -2.16. The molecule has 0 saturated carbocycles. The van der Waals surface area contributed by atoms with E-state index in [1.165, 1.54) is 6.07 Å². The van der Waals surface area contributed by atoms with Crippen molar-refractivity contribution in [1.29, 1.82) is 0 Å². The molecule has 0 spiro atoms. The molecule has 2 rings (SSSR count). The van der Waals surface area contributed by atoms with Crippen LogP contribution in [0.15, 0.2) is 36.4 Å². The first-order chi connectivity index (χ1) is 8.31. The number of hydrogen-bond acceptors (Lipinski definition) is 3. The fraction of sp³-hybridized carbons (Fsp3) is 0.231. The van der Waals surface area contributed by atoms with E-state index in [4.69, 9.17) is 5.11 Å². The molecule has 4 heteroatoms. The van der Waals surface area contributed by atoms with Gasteiger partial charge in [0.1, 0.15) is 5.82 Å². The van der Waals surface area contributed by atoms with Gasteiger partial charge in [-0.2, -0.15) is 0 Å². The van der Waals surface area contributed by atoms with Gasteiger partial charge < -0.3 is 10.4 Å². The van der Waals surface area contributed by atoms with Crippen molar-refractivity contribution in [2.24, 2.45) is 0 Å². The van der Waals surface area contributed by atoms with Crippen molar-refractivity contribution in [1.82, 2.24) is 5.32 Å². The standard InChI is InChI=1S/C13H14FNOS/c14-12-4-2-1-3-11(12)13-6-5-10(17-13)9-15-7-8-16/h1-6,15-16H,7-9H2. The maximum Gasteiger partial charge on any atom is 0.131 e. The minimum Gasteiger partial charge on any atom is -0.395 e. The first-order valence-electron chi connectivity index (χ1n) is 5.46. The molecule has 0 bridgehead atoms. The molecule has 2 nitrogen and oxygen atoms in total. The molecule has 0 aliphatic heterocycles. The van der Waals surface area contributed by atoms with Crippen LogP contribution in [0.25, 0.3) is 10.4 Å². The quantitative estimate of drug-likeness (QED) is 0.801. The Labute approximate surface area is 104 Å². The van der Waals surface area contributed by atoms with Crippen molar-refractivity contribution >= 4 is 11.3 Å². The maximum atomic E-state index is 13.5. The van der Waals surface area contributed by atoms with Crippen molar-refractivity contribution < 1.29 is 9.50 Å². The molecular formula is C13H14FNOS. The van der Waals surface area contributed by atoms with Gasteiger partial charge in [0.25, 0.3) is 0 Å². The average Bonchev–Trinajstić information content (AvgIpc) is 2.79. The highest BCUT2D eigenvalue weighted by atomic mass is 32.1. The van der Waals surface area contributed by atoms with Gasteiger partial charge in [0.2, 0.25) is 0 Å². The van der Waals surface area contributed by atoms with Gasteiger partial charge in [-0.3, -0.25) is 0 Å². The molecule has 2 aromatic rings. The molecule has 2 N–H and O–H groups in total. The fourth-order valence-corrected chi connectivity index (χ4v) is 2.57. The van der Waals surface area contributed by atoms with Gasteiger partial charge in [-0.05, 0) is 18.2 Å². The summed E-state index contributed by atoms with van der Waals surface area (Å²) in [6, 6.07) is 10.7. The van der Waals surface area contributed by atoms with Crippen LogP contribution in [0.2, 0.25) is 0 Å². The van der Waals surface area contributed by atoms with Crippen LogP contribution in [0.4, 0.5) is 4.39 Å². The highest BCUT2D eigenvalue weighted by Crippen LogP contribution is 2.29. The van der Waals surface area contributed by atoms with Gasteiger partial charge in [-0.25, -0.2) is 4.39 Å². The Balaban J connectivity index is 2.10. The Hall–Kier alpha value is -1.23. The van der Waals surface area contributed by atoms with Gasteiger partial charge >= 0.3 is 0 Å². The van der Waals surface area contributed by atoms with E-state index in [2.05, 4.69) is 5.32 Å². The second kappa shape index (κ2) is 5.91. The first kappa shape index (κ1) is 12.2. The highest BCUT2D eigenvalue weighted by molar-refractivity contribution is 7.15. The number of aliphatic hydroxyl groups excluding tert-OH is 1. The molecule has 0 aliphatic rings. The lowest BCUT2D eigenvalue weighted by Gasteiger charge is -2.00. The smallest absolute Gasteiger partial charge is 0.131 e. The van der Waals surface area contributed by atoms with Crippen LogP contribution in [0.1, 0.15) is 4.88 Å². The minimum absolute atomic E-state index is 0.131. The zero-order valence-electron chi connectivity index (χ0n) is 9.32. The number of hydrogen-bond donors (Lipinski definition) is 2. The fourth-order valence-electron chi connectivity index (χ4n) is 1.57. The zero-order valence-corrected chi connectivity index (χ0v) is 10.1. The second-order valence-electron chi connectivity index (χ2n) is 3.65. The third kappa shape index (κ3) is 3.12. The molecule has 0 saturated heterocycles. The summed E-state index contributed by atoms with van der Waals surface area (Å²) >= 11 is 1.57. The minimum atomic E-state index is -0.191. The molecule has 0 aliphatic carbocycles. The lowest BCUT2D eigenvalue weighted by molar-refractivity contribution is 0.292. The summed E-state index contributed by atoms with van der Waals surface area (Å²) in [6.45, 7) is 1.41. The van der Waals surface area contributed by atoms with Crippen molar-refractivity contribution in [2.75, 3.05) is 13.2 Å². The maximum absolute atomic E-state index is 13.5. The monoisotopic (exact) mass is 251 g/mol. The second-order valence-corrected chi connectivity index (χ2v) is 4.81. The van der Waals surface area contributed by atoms with Gasteiger partial charge in [0.05, 0.1) is 6.61 Å². The third-order valence-corrected chi connectivity index (χ3v) is 3.51. The Bertz CT molecular complexity index is 484. The molecule has 90 valence electrons. The average molecular weight is 251 g/mol. The van der Waals surface area contributed by atoms with Crippen LogP contribution in [-0.4, -0.2) is 18.3 Å². The predicted octanol–water partition coefficient (Wildman–Crippen LogP) is 2.64. The van der Waals surface area contributed by atoms with E-state index in [9.17, 15) is 4.39 Å². The van der Waals surface area contributed by atoms with Crippen molar-refractivity contribution in [3.05, 3.63) is 47.1 Å². The molecular weight excluding hydrogens is 237 g/mol. The van der Waals surface area contributed by atoms with Crippen LogP contribution in [-0.2, 0) is 6.54 Å². The molecule has 1 aromatic heterocycles. The van der Waals surface area contributed by atoms with E-state index in [0.29, 0.717) is 18.7 Å². The Kier molecular flexibility index (Phi) is 4.25. The van der Waals surface area contributed by atoms with E-state index in [1.54, 1.807) is 23.5 Å². The summed E-state index contributed by atoms with van der Waals surface area (Å²) in [7, 11) is 0. The Morgan fingerprint density at radius 3 is 2.76 bits per heavy atom. The molecule has 0 unspecified atom stereocenters. The summed E-state index contributed by atoms with van der Waals surface area (Å²) in [5, 5.41) is 11.8. The van der Waals surface area contributed by atoms with E-state index in [0.717, 1.165) is 9.75 Å². The van der Waals surface area contributed by atoms with Gasteiger partial charge in [0, 0.05) is 28.4 Å².